The molecule has 1 aliphatic heterocycles. The van der Waals surface area contributed by atoms with Crippen molar-refractivity contribution < 1.29 is 4.79 Å². The van der Waals surface area contributed by atoms with Gasteiger partial charge in [0.15, 0.2) is 0 Å². The fourth-order valence-electron chi connectivity index (χ4n) is 4.11. The van der Waals surface area contributed by atoms with Crippen molar-refractivity contribution in [2.45, 2.75) is 65.0 Å². The molecular weight excluding hydrogens is 262 g/mol. The van der Waals surface area contributed by atoms with E-state index in [9.17, 15) is 4.79 Å². The van der Waals surface area contributed by atoms with Crippen LogP contribution in [0.5, 0.6) is 0 Å². The van der Waals surface area contributed by atoms with E-state index in [4.69, 9.17) is 5.73 Å². The van der Waals surface area contributed by atoms with Crippen molar-refractivity contribution in [2.24, 2.45) is 17.6 Å². The van der Waals surface area contributed by atoms with Crippen LogP contribution in [0.2, 0.25) is 0 Å². The van der Waals surface area contributed by atoms with Gasteiger partial charge in [-0.2, -0.15) is 0 Å². The number of likely N-dealkylation sites (tertiary alicyclic amines) is 1. The van der Waals surface area contributed by atoms with Gasteiger partial charge in [-0.05, 0) is 50.5 Å². The number of hydrogen-bond acceptors (Lipinski definition) is 3. The molecule has 1 amide bonds. The Balaban J connectivity index is 1.87. The highest BCUT2D eigenvalue weighted by atomic mass is 16.2. The summed E-state index contributed by atoms with van der Waals surface area (Å²) in [6, 6.07) is 0.929. The molecule has 4 heteroatoms. The Morgan fingerprint density at radius 2 is 1.71 bits per heavy atom. The molecule has 2 fully saturated rings. The van der Waals surface area contributed by atoms with Crippen LogP contribution in [0.15, 0.2) is 0 Å². The summed E-state index contributed by atoms with van der Waals surface area (Å²) in [6.45, 7) is 10.1. The van der Waals surface area contributed by atoms with Crippen molar-refractivity contribution in [3.05, 3.63) is 0 Å². The molecular formula is C17H33N3O. The second-order valence-electron chi connectivity index (χ2n) is 7.38. The Hall–Kier alpha value is -0.610. The molecule has 0 radical (unpaired) electrons. The second kappa shape index (κ2) is 7.59. The van der Waals surface area contributed by atoms with Crippen LogP contribution >= 0.6 is 0 Å². The number of hydrogen-bond donors (Lipinski definition) is 1. The molecule has 21 heavy (non-hydrogen) atoms. The van der Waals surface area contributed by atoms with Crippen LogP contribution in [0.25, 0.3) is 0 Å². The zero-order chi connectivity index (χ0) is 15.4. The van der Waals surface area contributed by atoms with Crippen LogP contribution in [0.1, 0.15) is 52.9 Å². The maximum absolute atomic E-state index is 12.6. The summed E-state index contributed by atoms with van der Waals surface area (Å²) in [5.41, 5.74) is 5.99. The van der Waals surface area contributed by atoms with Crippen molar-refractivity contribution in [1.82, 2.24) is 9.80 Å². The number of amides is 1. The fraction of sp³-hybridized carbons (Fsp3) is 0.941. The van der Waals surface area contributed by atoms with E-state index < -0.39 is 0 Å². The first-order valence-corrected chi connectivity index (χ1v) is 8.77. The van der Waals surface area contributed by atoms with Crippen molar-refractivity contribution in [3.8, 4) is 0 Å². The lowest BCUT2D eigenvalue weighted by Gasteiger charge is -2.39. The number of carbonyl (C=O) groups excluding carboxylic acids is 1. The Morgan fingerprint density at radius 1 is 1.14 bits per heavy atom. The standard InChI is InChI=1S/C17H33N3O/c1-4-19(16-7-5-15(18)6-8-16)12-17(21)20-10-13(2)9-14(3)11-20/h13-16H,4-12,18H2,1-3H3. The quantitative estimate of drug-likeness (QED) is 0.864. The van der Waals surface area contributed by atoms with Gasteiger partial charge in [0.1, 0.15) is 0 Å². The Labute approximate surface area is 130 Å². The third-order valence-electron chi connectivity index (χ3n) is 5.22. The third-order valence-corrected chi connectivity index (χ3v) is 5.22. The van der Waals surface area contributed by atoms with Gasteiger partial charge in [0, 0.05) is 25.2 Å². The summed E-state index contributed by atoms with van der Waals surface area (Å²) in [4.78, 5) is 17.1. The molecule has 0 bridgehead atoms. The summed E-state index contributed by atoms with van der Waals surface area (Å²) in [5.74, 6) is 1.60. The number of nitrogens with zero attached hydrogens (tertiary/aromatic N) is 2. The molecule has 2 aliphatic rings. The predicted octanol–water partition coefficient (Wildman–Crippen LogP) is 2.08. The van der Waals surface area contributed by atoms with Crippen LogP contribution in [-0.2, 0) is 4.79 Å². The van der Waals surface area contributed by atoms with Crippen LogP contribution in [0.4, 0.5) is 0 Å². The predicted molar refractivity (Wildman–Crippen MR) is 87.0 cm³/mol. The van der Waals surface area contributed by atoms with Gasteiger partial charge < -0.3 is 10.6 Å². The number of piperidine rings is 1. The molecule has 1 saturated heterocycles. The fourth-order valence-corrected chi connectivity index (χ4v) is 4.11. The Kier molecular flexibility index (Phi) is 6.06. The zero-order valence-corrected chi connectivity index (χ0v) is 14.1. The van der Waals surface area contributed by atoms with E-state index in [1.807, 2.05) is 0 Å². The molecule has 1 heterocycles. The summed E-state index contributed by atoms with van der Waals surface area (Å²) < 4.78 is 0. The van der Waals surface area contributed by atoms with Gasteiger partial charge in [-0.25, -0.2) is 0 Å². The first-order valence-electron chi connectivity index (χ1n) is 8.77. The van der Waals surface area contributed by atoms with Crippen molar-refractivity contribution in [3.63, 3.8) is 0 Å². The van der Waals surface area contributed by atoms with E-state index in [1.54, 1.807) is 0 Å². The number of carbonyl (C=O) groups is 1. The minimum atomic E-state index is 0.324. The molecule has 2 atom stereocenters. The number of likely N-dealkylation sites (N-methyl/N-ethyl adjacent to an activating group) is 1. The van der Waals surface area contributed by atoms with Crippen LogP contribution in [0.3, 0.4) is 0 Å². The van der Waals surface area contributed by atoms with Gasteiger partial charge in [0.25, 0.3) is 0 Å². The molecule has 0 aromatic heterocycles. The van der Waals surface area contributed by atoms with Crippen molar-refractivity contribution >= 4 is 5.91 Å². The van der Waals surface area contributed by atoms with Gasteiger partial charge >= 0.3 is 0 Å². The van der Waals surface area contributed by atoms with E-state index in [1.165, 1.54) is 6.42 Å². The zero-order valence-electron chi connectivity index (χ0n) is 14.1. The minimum Gasteiger partial charge on any atom is -0.341 e. The van der Waals surface area contributed by atoms with Crippen molar-refractivity contribution in [2.75, 3.05) is 26.2 Å². The van der Waals surface area contributed by atoms with Crippen LogP contribution in [-0.4, -0.2) is 54.0 Å². The molecule has 1 saturated carbocycles. The van der Waals surface area contributed by atoms with Gasteiger partial charge in [-0.3, -0.25) is 9.69 Å². The molecule has 0 aromatic rings. The molecule has 4 nitrogen and oxygen atoms in total. The highest BCUT2D eigenvalue weighted by Gasteiger charge is 2.29. The average Bonchev–Trinajstić information content (AvgIpc) is 2.44. The SMILES string of the molecule is CCN(CC(=O)N1CC(C)CC(C)C1)C1CCC(N)CC1. The van der Waals surface area contributed by atoms with Crippen molar-refractivity contribution in [1.29, 1.82) is 0 Å². The Morgan fingerprint density at radius 3 is 2.24 bits per heavy atom. The van der Waals surface area contributed by atoms with E-state index in [0.717, 1.165) is 45.3 Å². The van der Waals surface area contributed by atoms with E-state index in [-0.39, 0.29) is 0 Å². The van der Waals surface area contributed by atoms with Gasteiger partial charge in [0.05, 0.1) is 6.54 Å². The van der Waals surface area contributed by atoms with E-state index in [0.29, 0.717) is 36.4 Å². The first-order chi connectivity index (χ1) is 9.99. The maximum Gasteiger partial charge on any atom is 0.236 e. The molecule has 2 unspecified atom stereocenters. The van der Waals surface area contributed by atoms with Crippen LogP contribution in [0, 0.1) is 11.8 Å². The summed E-state index contributed by atoms with van der Waals surface area (Å²) in [5, 5.41) is 0. The largest absolute Gasteiger partial charge is 0.341 e. The number of nitrogens with two attached hydrogens (primary N) is 1. The van der Waals surface area contributed by atoms with Crippen LogP contribution < -0.4 is 5.73 Å². The molecule has 2 N–H and O–H groups in total. The molecule has 1 aliphatic carbocycles. The third kappa shape index (κ3) is 4.68. The topological polar surface area (TPSA) is 49.6 Å². The maximum atomic E-state index is 12.6. The second-order valence-corrected chi connectivity index (χ2v) is 7.38. The highest BCUT2D eigenvalue weighted by molar-refractivity contribution is 5.78. The van der Waals surface area contributed by atoms with Gasteiger partial charge in [0.2, 0.25) is 5.91 Å². The molecule has 0 spiro atoms. The first kappa shape index (κ1) is 16.8. The minimum absolute atomic E-state index is 0.324. The summed E-state index contributed by atoms with van der Waals surface area (Å²) in [7, 11) is 0. The van der Waals surface area contributed by atoms with E-state index in [2.05, 4.69) is 30.6 Å². The summed E-state index contributed by atoms with van der Waals surface area (Å²) >= 11 is 0. The number of rotatable bonds is 4. The van der Waals surface area contributed by atoms with Gasteiger partial charge in [-0.1, -0.05) is 20.8 Å². The molecule has 2 rings (SSSR count). The monoisotopic (exact) mass is 295 g/mol. The van der Waals surface area contributed by atoms with E-state index >= 15 is 0 Å². The molecule has 122 valence electrons. The molecule has 0 aromatic carbocycles. The highest BCUT2D eigenvalue weighted by Crippen LogP contribution is 2.24. The lowest BCUT2D eigenvalue weighted by molar-refractivity contribution is -0.135. The normalized spacial score (nSPS) is 34.2. The lowest BCUT2D eigenvalue weighted by Crippen LogP contribution is -2.50. The lowest BCUT2D eigenvalue weighted by atomic mass is 9.90. The average molecular weight is 295 g/mol. The smallest absolute Gasteiger partial charge is 0.236 e. The van der Waals surface area contributed by atoms with Gasteiger partial charge in [-0.15, -0.1) is 0 Å². The summed E-state index contributed by atoms with van der Waals surface area (Å²) in [6.07, 6.45) is 5.76. The Bertz CT molecular complexity index is 329.